The Kier molecular flexibility index (Phi) is 7.55. The molecule has 0 unspecified atom stereocenters. The average molecular weight is 469 g/mol. The molecule has 0 heterocycles. The Morgan fingerprint density at radius 1 is 0.733 bits per heavy atom. The van der Waals surface area contributed by atoms with E-state index in [4.69, 9.17) is 0 Å². The number of halogens is 3. The van der Waals surface area contributed by atoms with Crippen LogP contribution in [0.25, 0.3) is 0 Å². The highest BCUT2D eigenvalue weighted by atomic mass is 33.1. The van der Waals surface area contributed by atoms with Crippen molar-refractivity contribution >= 4 is 31.4 Å². The van der Waals surface area contributed by atoms with Crippen LogP contribution >= 0.6 is 21.6 Å². The minimum Gasteiger partial charge on any atom is -0.228 e. The fraction of sp³-hybridized carbons (Fsp3) is 0.182. The molecule has 0 spiro atoms. The summed E-state index contributed by atoms with van der Waals surface area (Å²) in [5, 5.41) is 0. The summed E-state index contributed by atoms with van der Waals surface area (Å²) in [6.45, 7) is 0. The van der Waals surface area contributed by atoms with Crippen LogP contribution in [-0.2, 0) is 33.3 Å². The zero-order valence-corrected chi connectivity index (χ0v) is 18.3. The van der Waals surface area contributed by atoms with Gasteiger partial charge in [0, 0.05) is 10.6 Å². The fourth-order valence-electron chi connectivity index (χ4n) is 2.78. The maximum atomic E-state index is 12.6. The quantitative estimate of drug-likeness (QED) is 0.342. The van der Waals surface area contributed by atoms with Gasteiger partial charge in [0.05, 0.1) is 17.1 Å². The minimum absolute atomic E-state index is 0.00607. The Morgan fingerprint density at radius 2 is 1.37 bits per heavy atom. The second-order valence-corrected chi connectivity index (χ2v) is 11.1. The van der Waals surface area contributed by atoms with E-state index < -0.39 is 21.6 Å². The third kappa shape index (κ3) is 7.11. The molecule has 0 aliphatic rings. The largest absolute Gasteiger partial charge is 0.416 e. The van der Waals surface area contributed by atoms with E-state index in [1.165, 1.54) is 33.7 Å². The lowest BCUT2D eigenvalue weighted by atomic mass is 10.1. The summed E-state index contributed by atoms with van der Waals surface area (Å²) in [7, 11) is -0.335. The molecule has 0 aliphatic carbocycles. The molecule has 3 rings (SSSR count). The summed E-state index contributed by atoms with van der Waals surface area (Å²) in [6.07, 6.45) is -4.33. The van der Waals surface area contributed by atoms with Crippen molar-refractivity contribution in [2.24, 2.45) is 0 Å². The number of alkyl halides is 3. The lowest BCUT2D eigenvalue weighted by molar-refractivity contribution is -0.137. The Labute approximate surface area is 182 Å². The first-order valence-corrected chi connectivity index (χ1v) is 13.1. The van der Waals surface area contributed by atoms with E-state index in [0.29, 0.717) is 11.3 Å². The standard InChI is InChI=1S/C22H19F3O2S3/c23-22(24,25)20-11-9-17(10-12-20)14-28-29-21-8-4-7-19(13-21)16-30(26,27)15-18-5-2-1-3-6-18/h1-13H,14-16H2. The third-order valence-corrected chi connectivity index (χ3v) is 8.02. The van der Waals surface area contributed by atoms with E-state index in [1.807, 2.05) is 36.4 Å². The van der Waals surface area contributed by atoms with Crippen LogP contribution in [0.3, 0.4) is 0 Å². The molecular formula is C22H19F3O2S3. The van der Waals surface area contributed by atoms with Crippen molar-refractivity contribution in [3.8, 4) is 0 Å². The second kappa shape index (κ2) is 9.94. The van der Waals surface area contributed by atoms with Gasteiger partial charge >= 0.3 is 6.18 Å². The molecule has 0 N–H and O–H groups in total. The van der Waals surface area contributed by atoms with Crippen molar-refractivity contribution < 1.29 is 21.6 Å². The zero-order valence-electron chi connectivity index (χ0n) is 15.8. The molecule has 0 aromatic heterocycles. The van der Waals surface area contributed by atoms with E-state index >= 15 is 0 Å². The van der Waals surface area contributed by atoms with Crippen molar-refractivity contribution in [1.29, 1.82) is 0 Å². The van der Waals surface area contributed by atoms with E-state index in [2.05, 4.69) is 0 Å². The smallest absolute Gasteiger partial charge is 0.228 e. The van der Waals surface area contributed by atoms with E-state index in [-0.39, 0.29) is 11.5 Å². The molecule has 0 bridgehead atoms. The van der Waals surface area contributed by atoms with Gasteiger partial charge in [0.25, 0.3) is 0 Å². The van der Waals surface area contributed by atoms with Gasteiger partial charge in [0.2, 0.25) is 0 Å². The van der Waals surface area contributed by atoms with Crippen LogP contribution in [0.5, 0.6) is 0 Å². The number of hydrogen-bond donors (Lipinski definition) is 0. The summed E-state index contributed by atoms with van der Waals surface area (Å²) >= 11 is 0. The molecule has 0 saturated heterocycles. The molecule has 2 nitrogen and oxygen atoms in total. The van der Waals surface area contributed by atoms with Crippen LogP contribution in [0.1, 0.15) is 22.3 Å². The van der Waals surface area contributed by atoms with Crippen molar-refractivity contribution in [2.45, 2.75) is 28.3 Å². The predicted molar refractivity (Wildman–Crippen MR) is 118 cm³/mol. The fourth-order valence-corrected chi connectivity index (χ4v) is 6.43. The van der Waals surface area contributed by atoms with Crippen LogP contribution in [0, 0.1) is 0 Å². The molecule has 8 heteroatoms. The molecule has 30 heavy (non-hydrogen) atoms. The van der Waals surface area contributed by atoms with Gasteiger partial charge in [-0.15, -0.1) is 0 Å². The van der Waals surface area contributed by atoms with Crippen molar-refractivity contribution in [2.75, 3.05) is 0 Å². The zero-order chi connectivity index (χ0) is 21.6. The minimum atomic E-state index is -4.33. The second-order valence-electron chi connectivity index (χ2n) is 6.71. The maximum Gasteiger partial charge on any atom is 0.416 e. The number of rotatable bonds is 8. The van der Waals surface area contributed by atoms with Crippen LogP contribution < -0.4 is 0 Å². The summed E-state index contributed by atoms with van der Waals surface area (Å²) in [6, 6.07) is 21.5. The van der Waals surface area contributed by atoms with Gasteiger partial charge in [-0.05, 0) is 41.0 Å². The predicted octanol–water partition coefficient (Wildman–Crippen LogP) is 6.76. The van der Waals surface area contributed by atoms with Crippen molar-refractivity contribution in [1.82, 2.24) is 0 Å². The first-order chi connectivity index (χ1) is 14.2. The number of benzene rings is 3. The SMILES string of the molecule is O=S(=O)(Cc1ccccc1)Cc1cccc(SSCc2ccc(C(F)(F)F)cc2)c1. The van der Waals surface area contributed by atoms with E-state index in [0.717, 1.165) is 28.2 Å². The average Bonchev–Trinajstić information content (AvgIpc) is 2.68. The molecule has 0 fully saturated rings. The van der Waals surface area contributed by atoms with E-state index in [1.54, 1.807) is 18.2 Å². The van der Waals surface area contributed by atoms with Gasteiger partial charge in [0.1, 0.15) is 0 Å². The van der Waals surface area contributed by atoms with Gasteiger partial charge in [-0.3, -0.25) is 0 Å². The Hall–Kier alpha value is -1.90. The normalized spacial score (nSPS) is 12.1. The first-order valence-electron chi connectivity index (χ1n) is 9.00. The molecule has 3 aromatic rings. The molecular weight excluding hydrogens is 449 g/mol. The van der Waals surface area contributed by atoms with Gasteiger partial charge in [0.15, 0.2) is 9.84 Å². The molecule has 3 aromatic carbocycles. The Balaban J connectivity index is 1.55. The van der Waals surface area contributed by atoms with Gasteiger partial charge < -0.3 is 0 Å². The molecule has 0 aliphatic heterocycles. The highest BCUT2D eigenvalue weighted by Crippen LogP contribution is 2.35. The molecule has 0 saturated carbocycles. The van der Waals surface area contributed by atoms with Crippen LogP contribution in [-0.4, -0.2) is 8.42 Å². The van der Waals surface area contributed by atoms with Gasteiger partial charge in [-0.1, -0.05) is 76.2 Å². The molecule has 0 radical (unpaired) electrons. The maximum absolute atomic E-state index is 12.6. The summed E-state index contributed by atoms with van der Waals surface area (Å²) in [5.41, 5.74) is 1.61. The van der Waals surface area contributed by atoms with E-state index in [9.17, 15) is 21.6 Å². The van der Waals surface area contributed by atoms with Crippen molar-refractivity contribution in [3.63, 3.8) is 0 Å². The summed E-state index contributed by atoms with van der Waals surface area (Å²) in [4.78, 5) is 0.902. The Morgan fingerprint density at radius 3 is 2.03 bits per heavy atom. The highest BCUT2D eigenvalue weighted by molar-refractivity contribution is 8.76. The molecule has 0 amide bonds. The van der Waals surface area contributed by atoms with Crippen LogP contribution in [0.15, 0.2) is 83.8 Å². The summed E-state index contributed by atoms with van der Waals surface area (Å²) < 4.78 is 62.8. The van der Waals surface area contributed by atoms with Gasteiger partial charge in [-0.25, -0.2) is 8.42 Å². The topological polar surface area (TPSA) is 34.1 Å². The lowest BCUT2D eigenvalue weighted by Crippen LogP contribution is -2.07. The van der Waals surface area contributed by atoms with Crippen LogP contribution in [0.4, 0.5) is 13.2 Å². The van der Waals surface area contributed by atoms with Gasteiger partial charge in [-0.2, -0.15) is 13.2 Å². The third-order valence-electron chi connectivity index (χ3n) is 4.18. The Bertz CT molecular complexity index is 1060. The lowest BCUT2D eigenvalue weighted by Gasteiger charge is -2.08. The van der Waals surface area contributed by atoms with Crippen molar-refractivity contribution in [3.05, 3.63) is 101 Å². The molecule has 158 valence electrons. The number of hydrogen-bond acceptors (Lipinski definition) is 4. The first kappa shape index (κ1) is 22.8. The summed E-state index contributed by atoms with van der Waals surface area (Å²) in [5.74, 6) is 0.493. The highest BCUT2D eigenvalue weighted by Gasteiger charge is 2.29. The monoisotopic (exact) mass is 468 g/mol. The molecule has 0 atom stereocenters. The van der Waals surface area contributed by atoms with Crippen LogP contribution in [0.2, 0.25) is 0 Å². The number of sulfone groups is 1.